The van der Waals surface area contributed by atoms with Gasteiger partial charge in [0, 0.05) is 18.2 Å². The van der Waals surface area contributed by atoms with Crippen LogP contribution < -0.4 is 5.32 Å². The molecule has 1 aliphatic rings. The Hall–Kier alpha value is -1.13. The molecule has 0 unspecified atom stereocenters. The third-order valence-corrected chi connectivity index (χ3v) is 3.25. The largest absolute Gasteiger partial charge is 0.317 e. The zero-order valence-corrected chi connectivity index (χ0v) is 9.61. The Kier molecular flexibility index (Phi) is 2.53. The predicted octanol–water partition coefficient (Wildman–Crippen LogP) is 1.85. The van der Waals surface area contributed by atoms with Gasteiger partial charge in [0.05, 0.1) is 16.9 Å². The third kappa shape index (κ3) is 1.79. The molecule has 0 amide bonds. The quantitative estimate of drug-likeness (QED) is 0.822. The molecule has 0 saturated carbocycles. The van der Waals surface area contributed by atoms with Crippen LogP contribution in [-0.4, -0.2) is 27.7 Å². The van der Waals surface area contributed by atoms with Crippen LogP contribution in [0.3, 0.4) is 0 Å². The molecule has 4 nitrogen and oxygen atoms in total. The van der Waals surface area contributed by atoms with Gasteiger partial charge in [-0.15, -0.1) is 0 Å². The minimum absolute atomic E-state index is 0.557. The van der Waals surface area contributed by atoms with E-state index in [-0.39, 0.29) is 0 Å². The molecule has 3 heterocycles. The number of fused-ring (bicyclic) bond motifs is 1. The van der Waals surface area contributed by atoms with E-state index in [1.165, 1.54) is 0 Å². The number of halogens is 1. The standard InChI is InChI=1S/C11H13ClN4/c12-9-6-14-11-5-10(15-16(11)7-9)8-1-3-13-4-2-8/h5-8,13H,1-4H2. The molecule has 3 rings (SSSR count). The van der Waals surface area contributed by atoms with E-state index in [1.54, 1.807) is 16.9 Å². The van der Waals surface area contributed by atoms with Crippen molar-refractivity contribution in [3.05, 3.63) is 29.2 Å². The number of piperidine rings is 1. The summed E-state index contributed by atoms with van der Waals surface area (Å²) in [6.45, 7) is 2.15. The molecule has 0 aliphatic carbocycles. The van der Waals surface area contributed by atoms with E-state index in [2.05, 4.69) is 21.5 Å². The van der Waals surface area contributed by atoms with Crippen LogP contribution in [0.15, 0.2) is 18.5 Å². The average Bonchev–Trinajstić information content (AvgIpc) is 2.73. The van der Waals surface area contributed by atoms with Crippen molar-refractivity contribution in [1.82, 2.24) is 19.9 Å². The fourth-order valence-electron chi connectivity index (χ4n) is 2.19. The Balaban J connectivity index is 1.97. The molecule has 16 heavy (non-hydrogen) atoms. The summed E-state index contributed by atoms with van der Waals surface area (Å²) < 4.78 is 1.76. The molecule has 2 aromatic heterocycles. The summed E-state index contributed by atoms with van der Waals surface area (Å²) >= 11 is 5.88. The molecule has 84 valence electrons. The van der Waals surface area contributed by atoms with Crippen LogP contribution in [0.1, 0.15) is 24.5 Å². The Morgan fingerprint density at radius 2 is 2.19 bits per heavy atom. The highest BCUT2D eigenvalue weighted by molar-refractivity contribution is 6.30. The van der Waals surface area contributed by atoms with Gasteiger partial charge in [0.2, 0.25) is 0 Å². The fraction of sp³-hybridized carbons (Fsp3) is 0.455. The monoisotopic (exact) mass is 236 g/mol. The third-order valence-electron chi connectivity index (χ3n) is 3.06. The van der Waals surface area contributed by atoms with Gasteiger partial charge in [0.25, 0.3) is 0 Å². The molecule has 1 saturated heterocycles. The minimum Gasteiger partial charge on any atom is -0.317 e. The number of nitrogens with one attached hydrogen (secondary N) is 1. The number of rotatable bonds is 1. The molecule has 1 aliphatic heterocycles. The lowest BCUT2D eigenvalue weighted by atomic mass is 9.95. The van der Waals surface area contributed by atoms with Gasteiger partial charge in [0.15, 0.2) is 5.65 Å². The van der Waals surface area contributed by atoms with E-state index in [0.29, 0.717) is 10.9 Å². The summed E-state index contributed by atoms with van der Waals surface area (Å²) in [5.74, 6) is 0.557. The average molecular weight is 237 g/mol. The maximum absolute atomic E-state index is 5.88. The molecule has 0 radical (unpaired) electrons. The number of hydrogen-bond acceptors (Lipinski definition) is 3. The van der Waals surface area contributed by atoms with Crippen molar-refractivity contribution < 1.29 is 0 Å². The van der Waals surface area contributed by atoms with Gasteiger partial charge in [-0.1, -0.05) is 11.6 Å². The molecule has 1 fully saturated rings. The first kappa shape index (κ1) is 10.1. The second kappa shape index (κ2) is 4.03. The van der Waals surface area contributed by atoms with Gasteiger partial charge in [-0.25, -0.2) is 9.50 Å². The first-order chi connectivity index (χ1) is 7.83. The molecule has 1 N–H and O–H groups in total. The molecule has 0 bridgehead atoms. The van der Waals surface area contributed by atoms with Crippen molar-refractivity contribution in [2.24, 2.45) is 0 Å². The highest BCUT2D eigenvalue weighted by Crippen LogP contribution is 2.24. The predicted molar refractivity (Wildman–Crippen MR) is 62.8 cm³/mol. The Morgan fingerprint density at radius 3 is 3.00 bits per heavy atom. The second-order valence-electron chi connectivity index (χ2n) is 4.17. The molecular weight excluding hydrogens is 224 g/mol. The SMILES string of the molecule is Clc1cnc2cc(C3CCNCC3)nn2c1. The molecule has 2 aromatic rings. The lowest BCUT2D eigenvalue weighted by Gasteiger charge is -2.20. The fourth-order valence-corrected chi connectivity index (χ4v) is 2.33. The van der Waals surface area contributed by atoms with Gasteiger partial charge in [-0.05, 0) is 25.9 Å². The lowest BCUT2D eigenvalue weighted by Crippen LogP contribution is -2.26. The summed E-state index contributed by atoms with van der Waals surface area (Å²) in [5, 5.41) is 8.51. The van der Waals surface area contributed by atoms with E-state index in [0.717, 1.165) is 37.3 Å². The van der Waals surface area contributed by atoms with Crippen molar-refractivity contribution in [3.63, 3.8) is 0 Å². The van der Waals surface area contributed by atoms with Crippen LogP contribution in [0.5, 0.6) is 0 Å². The van der Waals surface area contributed by atoms with Crippen molar-refractivity contribution in [2.75, 3.05) is 13.1 Å². The van der Waals surface area contributed by atoms with E-state index in [9.17, 15) is 0 Å². The smallest absolute Gasteiger partial charge is 0.155 e. The van der Waals surface area contributed by atoms with Crippen LogP contribution in [-0.2, 0) is 0 Å². The first-order valence-electron chi connectivity index (χ1n) is 5.54. The van der Waals surface area contributed by atoms with Crippen LogP contribution >= 0.6 is 11.6 Å². The number of nitrogens with zero attached hydrogens (tertiary/aromatic N) is 3. The highest BCUT2D eigenvalue weighted by atomic mass is 35.5. The number of hydrogen-bond donors (Lipinski definition) is 1. The van der Waals surface area contributed by atoms with Gasteiger partial charge < -0.3 is 5.32 Å². The summed E-state index contributed by atoms with van der Waals surface area (Å²) in [7, 11) is 0. The first-order valence-corrected chi connectivity index (χ1v) is 5.92. The Morgan fingerprint density at radius 1 is 1.38 bits per heavy atom. The summed E-state index contributed by atoms with van der Waals surface area (Å²) in [6, 6.07) is 2.06. The van der Waals surface area contributed by atoms with Crippen LogP contribution in [0.2, 0.25) is 5.02 Å². The summed E-state index contributed by atoms with van der Waals surface area (Å²) in [4.78, 5) is 4.25. The molecule has 0 aromatic carbocycles. The maximum atomic E-state index is 5.88. The zero-order valence-electron chi connectivity index (χ0n) is 8.86. The summed E-state index contributed by atoms with van der Waals surface area (Å²) in [6.07, 6.45) is 5.76. The van der Waals surface area contributed by atoms with E-state index in [1.807, 2.05) is 0 Å². The normalized spacial score (nSPS) is 18.1. The van der Waals surface area contributed by atoms with E-state index in [4.69, 9.17) is 11.6 Å². The van der Waals surface area contributed by atoms with E-state index >= 15 is 0 Å². The van der Waals surface area contributed by atoms with E-state index < -0.39 is 0 Å². The maximum Gasteiger partial charge on any atom is 0.155 e. The number of aromatic nitrogens is 3. The van der Waals surface area contributed by atoms with Crippen LogP contribution in [0.25, 0.3) is 5.65 Å². The molecule has 0 spiro atoms. The van der Waals surface area contributed by atoms with Gasteiger partial charge in [0.1, 0.15) is 0 Å². The Labute approximate surface area is 98.6 Å². The van der Waals surface area contributed by atoms with Crippen molar-refractivity contribution in [3.8, 4) is 0 Å². The zero-order chi connectivity index (χ0) is 11.0. The van der Waals surface area contributed by atoms with Crippen molar-refractivity contribution in [1.29, 1.82) is 0 Å². The second-order valence-corrected chi connectivity index (χ2v) is 4.60. The van der Waals surface area contributed by atoms with Crippen molar-refractivity contribution >= 4 is 17.2 Å². The van der Waals surface area contributed by atoms with Crippen LogP contribution in [0.4, 0.5) is 0 Å². The summed E-state index contributed by atoms with van der Waals surface area (Å²) in [5.41, 5.74) is 2.01. The van der Waals surface area contributed by atoms with Crippen molar-refractivity contribution in [2.45, 2.75) is 18.8 Å². The van der Waals surface area contributed by atoms with Gasteiger partial charge in [-0.2, -0.15) is 5.10 Å². The topological polar surface area (TPSA) is 42.2 Å². The highest BCUT2D eigenvalue weighted by Gasteiger charge is 2.18. The lowest BCUT2D eigenvalue weighted by molar-refractivity contribution is 0.452. The minimum atomic E-state index is 0.557. The van der Waals surface area contributed by atoms with Gasteiger partial charge >= 0.3 is 0 Å². The van der Waals surface area contributed by atoms with Gasteiger partial charge in [-0.3, -0.25) is 0 Å². The molecule has 0 atom stereocenters. The molecular formula is C11H13ClN4. The Bertz CT molecular complexity index is 502. The van der Waals surface area contributed by atoms with Crippen LogP contribution in [0, 0.1) is 0 Å². The molecule has 5 heteroatoms.